The lowest BCUT2D eigenvalue weighted by molar-refractivity contribution is -0.121. The number of carbonyl (C=O) groups excluding carboxylic acids is 1. The highest BCUT2D eigenvalue weighted by Crippen LogP contribution is 2.29. The lowest BCUT2D eigenvalue weighted by atomic mass is 9.88. The van der Waals surface area contributed by atoms with Crippen molar-refractivity contribution in [2.24, 2.45) is 0 Å². The maximum atomic E-state index is 12.5. The molecule has 2 heterocycles. The molecule has 3 aromatic rings. The number of H-pyrrole nitrogens is 1. The molecule has 1 aliphatic heterocycles. The third kappa shape index (κ3) is 6.26. The second kappa shape index (κ2) is 12.1. The molecule has 0 spiro atoms. The minimum absolute atomic E-state index is 0.0124. The Hall–Kier alpha value is -3.20. The predicted molar refractivity (Wildman–Crippen MR) is 148 cm³/mol. The summed E-state index contributed by atoms with van der Waals surface area (Å²) in [6.07, 6.45) is 6.40. The lowest BCUT2D eigenvalue weighted by Gasteiger charge is -2.32. The molecule has 2 aliphatic rings. The van der Waals surface area contributed by atoms with Crippen molar-refractivity contribution in [2.45, 2.75) is 63.6 Å². The number of aliphatic hydroxyl groups is 1. The van der Waals surface area contributed by atoms with Crippen LogP contribution < -0.4 is 16.2 Å². The number of piperidine rings is 1. The molecule has 1 fully saturated rings. The number of phenols is 1. The summed E-state index contributed by atoms with van der Waals surface area (Å²) in [6, 6.07) is 13.0. The van der Waals surface area contributed by atoms with Crippen molar-refractivity contribution in [2.75, 3.05) is 26.2 Å². The second-order valence-electron chi connectivity index (χ2n) is 10.6. The van der Waals surface area contributed by atoms with E-state index in [1.54, 1.807) is 12.1 Å². The SMILES string of the molecule is O=C(CCN1CCC(NCC(O)c2ccc(O)c3[nH]c(=O)ccc23)CC1)NCc1cccc2c1CCCC2. The highest BCUT2D eigenvalue weighted by Gasteiger charge is 2.21. The van der Waals surface area contributed by atoms with Gasteiger partial charge in [-0.05, 0) is 86.0 Å². The number of aromatic nitrogens is 1. The number of aliphatic hydroxyl groups excluding tert-OH is 1. The quantitative estimate of drug-likeness (QED) is 0.297. The summed E-state index contributed by atoms with van der Waals surface area (Å²) in [7, 11) is 0. The van der Waals surface area contributed by atoms with Crippen molar-refractivity contribution in [3.05, 3.63) is 75.1 Å². The predicted octanol–water partition coefficient (Wildman–Crippen LogP) is 2.91. The van der Waals surface area contributed by atoms with Crippen molar-refractivity contribution in [3.8, 4) is 5.75 Å². The first-order valence-corrected chi connectivity index (χ1v) is 13.8. The number of amides is 1. The Labute approximate surface area is 223 Å². The fraction of sp³-hybridized carbons (Fsp3) is 0.467. The maximum Gasteiger partial charge on any atom is 0.248 e. The van der Waals surface area contributed by atoms with E-state index in [4.69, 9.17) is 0 Å². The summed E-state index contributed by atoms with van der Waals surface area (Å²) in [6.45, 7) is 3.58. The molecule has 8 nitrogen and oxygen atoms in total. The van der Waals surface area contributed by atoms with E-state index in [-0.39, 0.29) is 17.2 Å². The van der Waals surface area contributed by atoms with E-state index in [2.05, 4.69) is 38.7 Å². The monoisotopic (exact) mass is 518 g/mol. The van der Waals surface area contributed by atoms with Crippen molar-refractivity contribution >= 4 is 16.8 Å². The molecule has 202 valence electrons. The van der Waals surface area contributed by atoms with Crippen molar-refractivity contribution in [1.82, 2.24) is 20.5 Å². The molecule has 1 unspecified atom stereocenters. The Morgan fingerprint density at radius 2 is 1.89 bits per heavy atom. The van der Waals surface area contributed by atoms with E-state index in [9.17, 15) is 19.8 Å². The summed E-state index contributed by atoms with van der Waals surface area (Å²) < 4.78 is 0. The molecule has 1 atom stereocenters. The van der Waals surface area contributed by atoms with Crippen LogP contribution in [0.3, 0.4) is 0 Å². The number of likely N-dealkylation sites (tertiary alicyclic amines) is 1. The van der Waals surface area contributed by atoms with Crippen molar-refractivity contribution in [3.63, 3.8) is 0 Å². The zero-order chi connectivity index (χ0) is 26.5. The van der Waals surface area contributed by atoms with Gasteiger partial charge in [-0.25, -0.2) is 0 Å². The summed E-state index contributed by atoms with van der Waals surface area (Å²) in [5.74, 6) is 0.0888. The number of carbonyl (C=O) groups is 1. The molecule has 1 aromatic heterocycles. The van der Waals surface area contributed by atoms with Crippen molar-refractivity contribution in [1.29, 1.82) is 0 Å². The molecule has 0 radical (unpaired) electrons. The zero-order valence-electron chi connectivity index (χ0n) is 21.8. The Balaban J connectivity index is 1.03. The lowest BCUT2D eigenvalue weighted by Crippen LogP contribution is -2.44. The second-order valence-corrected chi connectivity index (χ2v) is 10.6. The third-order valence-electron chi connectivity index (χ3n) is 8.08. The molecule has 38 heavy (non-hydrogen) atoms. The Morgan fingerprint density at radius 1 is 1.08 bits per heavy atom. The van der Waals surface area contributed by atoms with E-state index in [1.165, 1.54) is 41.7 Å². The Morgan fingerprint density at radius 3 is 2.74 bits per heavy atom. The van der Waals surface area contributed by atoms with Gasteiger partial charge in [-0.2, -0.15) is 0 Å². The van der Waals surface area contributed by atoms with Crippen LogP contribution in [0.25, 0.3) is 10.9 Å². The summed E-state index contributed by atoms with van der Waals surface area (Å²) in [4.78, 5) is 29.1. The number of hydrogen-bond donors (Lipinski definition) is 5. The van der Waals surface area contributed by atoms with Crippen LogP contribution in [-0.2, 0) is 24.2 Å². The van der Waals surface area contributed by atoms with Gasteiger partial charge in [0.05, 0.1) is 11.6 Å². The summed E-state index contributed by atoms with van der Waals surface area (Å²) in [5, 5.41) is 28.1. The molecule has 5 N–H and O–H groups in total. The molecule has 5 rings (SSSR count). The topological polar surface area (TPSA) is 118 Å². The average Bonchev–Trinajstić information content (AvgIpc) is 2.94. The number of pyridine rings is 1. The van der Waals surface area contributed by atoms with Gasteiger partial charge in [0.2, 0.25) is 11.5 Å². The molecular formula is C30H38N4O4. The normalized spacial score (nSPS) is 17.3. The van der Waals surface area contributed by atoms with Gasteiger partial charge in [0, 0.05) is 43.5 Å². The van der Waals surface area contributed by atoms with Crippen LogP contribution in [0.15, 0.2) is 47.3 Å². The Bertz CT molecular complexity index is 1330. The standard InChI is InChI=1S/C30H38N4O4/c35-26-10-8-24(25-9-11-29(38)33-30(25)26)27(36)19-31-22-12-15-34(16-13-22)17-14-28(37)32-18-21-6-3-5-20-4-1-2-7-23(20)21/h3,5-6,8-11,22,27,31,35-36H,1-2,4,7,12-19H2,(H,32,37)(H,33,38). The van der Waals surface area contributed by atoms with Crippen LogP contribution in [0.1, 0.15) is 60.5 Å². The number of aryl methyl sites for hydroxylation is 1. The van der Waals surface area contributed by atoms with Gasteiger partial charge in [0.15, 0.2) is 0 Å². The molecule has 1 aliphatic carbocycles. The molecule has 1 amide bonds. The van der Waals surface area contributed by atoms with E-state index in [0.717, 1.165) is 45.3 Å². The first-order valence-electron chi connectivity index (χ1n) is 13.8. The number of fused-ring (bicyclic) bond motifs is 2. The first-order chi connectivity index (χ1) is 18.5. The van der Waals surface area contributed by atoms with Gasteiger partial charge in [-0.1, -0.05) is 24.3 Å². The summed E-state index contributed by atoms with van der Waals surface area (Å²) >= 11 is 0. The number of nitrogens with one attached hydrogen (secondary N) is 3. The third-order valence-corrected chi connectivity index (χ3v) is 8.08. The van der Waals surface area contributed by atoms with Crippen LogP contribution in [0, 0.1) is 0 Å². The zero-order valence-corrected chi connectivity index (χ0v) is 21.8. The van der Waals surface area contributed by atoms with Gasteiger partial charge in [-0.3, -0.25) is 9.59 Å². The van der Waals surface area contributed by atoms with Gasteiger partial charge in [-0.15, -0.1) is 0 Å². The van der Waals surface area contributed by atoms with Gasteiger partial charge in [0.25, 0.3) is 0 Å². The molecule has 0 saturated carbocycles. The van der Waals surface area contributed by atoms with Crippen LogP contribution >= 0.6 is 0 Å². The molecule has 1 saturated heterocycles. The average molecular weight is 519 g/mol. The van der Waals surface area contributed by atoms with Crippen LogP contribution in [0.4, 0.5) is 0 Å². The van der Waals surface area contributed by atoms with E-state index in [0.29, 0.717) is 42.0 Å². The molecule has 2 aromatic carbocycles. The van der Waals surface area contributed by atoms with E-state index < -0.39 is 6.10 Å². The first kappa shape index (κ1) is 26.4. The molecular weight excluding hydrogens is 480 g/mol. The van der Waals surface area contributed by atoms with E-state index in [1.807, 2.05) is 0 Å². The number of aromatic hydroxyl groups is 1. The van der Waals surface area contributed by atoms with Gasteiger partial charge in [0.1, 0.15) is 5.75 Å². The largest absolute Gasteiger partial charge is 0.506 e. The van der Waals surface area contributed by atoms with Gasteiger partial charge < -0.3 is 30.7 Å². The highest BCUT2D eigenvalue weighted by molar-refractivity contribution is 5.87. The van der Waals surface area contributed by atoms with E-state index >= 15 is 0 Å². The molecule has 0 bridgehead atoms. The van der Waals surface area contributed by atoms with Gasteiger partial charge >= 0.3 is 0 Å². The van der Waals surface area contributed by atoms with Crippen LogP contribution in [0.2, 0.25) is 0 Å². The number of benzene rings is 2. The maximum absolute atomic E-state index is 12.5. The molecule has 8 heteroatoms. The minimum atomic E-state index is -0.763. The number of nitrogens with zero attached hydrogens (tertiary/aromatic N) is 1. The fourth-order valence-corrected chi connectivity index (χ4v) is 5.87. The highest BCUT2D eigenvalue weighted by atomic mass is 16.3. The summed E-state index contributed by atoms with van der Waals surface area (Å²) in [5.41, 5.74) is 4.86. The van der Waals surface area contributed by atoms with Crippen molar-refractivity contribution < 1.29 is 15.0 Å². The Kier molecular flexibility index (Phi) is 8.42. The van der Waals surface area contributed by atoms with Crippen LogP contribution in [0.5, 0.6) is 5.75 Å². The minimum Gasteiger partial charge on any atom is -0.506 e. The number of phenolic OH excluding ortho intramolecular Hbond substituents is 1. The number of rotatable bonds is 9. The van der Waals surface area contributed by atoms with Crippen LogP contribution in [-0.4, -0.2) is 58.2 Å². The number of hydrogen-bond acceptors (Lipinski definition) is 6. The fourth-order valence-electron chi connectivity index (χ4n) is 5.87. The number of aromatic amines is 1. The smallest absolute Gasteiger partial charge is 0.248 e.